The molecule has 0 radical (unpaired) electrons. The molecule has 2 aliphatic rings. The number of piperidine rings is 1. The van der Waals surface area contributed by atoms with Crippen LogP contribution in [0.2, 0.25) is 0 Å². The number of hydrogen-bond donors (Lipinski definition) is 0. The van der Waals surface area contributed by atoms with Crippen molar-refractivity contribution in [2.75, 3.05) is 39.4 Å². The van der Waals surface area contributed by atoms with Crippen molar-refractivity contribution in [2.45, 2.75) is 38.1 Å². The minimum atomic E-state index is 0.267. The summed E-state index contributed by atoms with van der Waals surface area (Å²) in [4.78, 5) is 21.3. The summed E-state index contributed by atoms with van der Waals surface area (Å²) in [5.41, 5.74) is 1.06. The van der Waals surface area contributed by atoms with Crippen LogP contribution in [-0.2, 0) is 16.0 Å². The number of likely N-dealkylation sites (tertiary alicyclic amines) is 1. The fourth-order valence-corrected chi connectivity index (χ4v) is 3.56. The first-order valence-electron chi connectivity index (χ1n) is 8.81. The van der Waals surface area contributed by atoms with Gasteiger partial charge in [-0.05, 0) is 43.4 Å². The van der Waals surface area contributed by atoms with Crippen LogP contribution in [0.1, 0.15) is 31.2 Å². The summed E-state index contributed by atoms with van der Waals surface area (Å²) in [7, 11) is 0. The third-order valence-electron chi connectivity index (χ3n) is 4.93. The Hall–Kier alpha value is -1.46. The lowest BCUT2D eigenvalue weighted by Crippen LogP contribution is -2.46. The Morgan fingerprint density at radius 1 is 1.17 bits per heavy atom. The van der Waals surface area contributed by atoms with E-state index in [0.717, 1.165) is 64.2 Å². The van der Waals surface area contributed by atoms with Gasteiger partial charge >= 0.3 is 0 Å². The van der Waals surface area contributed by atoms with Crippen molar-refractivity contribution in [3.05, 3.63) is 30.1 Å². The molecule has 0 bridgehead atoms. The monoisotopic (exact) mass is 317 g/mol. The molecule has 1 aromatic heterocycles. The molecule has 0 saturated carbocycles. The molecule has 5 nitrogen and oxygen atoms in total. The number of amides is 1. The topological polar surface area (TPSA) is 45.7 Å². The second kappa shape index (κ2) is 8.41. The molecule has 3 heterocycles. The molecule has 5 heteroatoms. The Morgan fingerprint density at radius 3 is 2.74 bits per heavy atom. The largest absolute Gasteiger partial charge is 0.379 e. The second-order valence-corrected chi connectivity index (χ2v) is 6.51. The molecule has 2 saturated heterocycles. The number of nitrogens with zero attached hydrogens (tertiary/aromatic N) is 3. The van der Waals surface area contributed by atoms with E-state index in [-0.39, 0.29) is 5.91 Å². The third kappa shape index (κ3) is 4.75. The lowest BCUT2D eigenvalue weighted by molar-refractivity contribution is -0.134. The molecule has 126 valence electrons. The fourth-order valence-electron chi connectivity index (χ4n) is 3.56. The molecule has 1 unspecified atom stereocenters. The lowest BCUT2D eigenvalue weighted by atomic mass is 9.98. The summed E-state index contributed by atoms with van der Waals surface area (Å²) < 4.78 is 5.41. The maximum Gasteiger partial charge on any atom is 0.227 e. The Bertz CT molecular complexity index is 488. The first-order valence-corrected chi connectivity index (χ1v) is 8.81. The molecule has 1 amide bonds. The maximum atomic E-state index is 12.7. The van der Waals surface area contributed by atoms with Gasteiger partial charge in [-0.3, -0.25) is 14.7 Å². The van der Waals surface area contributed by atoms with E-state index in [1.54, 1.807) is 12.4 Å². The lowest BCUT2D eigenvalue weighted by Gasteiger charge is -2.37. The SMILES string of the molecule is O=C(Cc1ccncc1)N1CCCCC1CCN1CCOCC1. The summed E-state index contributed by atoms with van der Waals surface area (Å²) >= 11 is 0. The van der Waals surface area contributed by atoms with E-state index >= 15 is 0 Å². The zero-order valence-corrected chi connectivity index (χ0v) is 13.8. The third-order valence-corrected chi connectivity index (χ3v) is 4.93. The van der Waals surface area contributed by atoms with Gasteiger partial charge in [-0.1, -0.05) is 0 Å². The zero-order chi connectivity index (χ0) is 15.9. The van der Waals surface area contributed by atoms with Crippen LogP contribution >= 0.6 is 0 Å². The maximum absolute atomic E-state index is 12.7. The van der Waals surface area contributed by atoms with Crippen LogP contribution in [0.3, 0.4) is 0 Å². The molecule has 0 aliphatic carbocycles. The van der Waals surface area contributed by atoms with E-state index in [1.165, 1.54) is 6.42 Å². The predicted octanol–water partition coefficient (Wildman–Crippen LogP) is 1.73. The fraction of sp³-hybridized carbons (Fsp3) is 0.667. The van der Waals surface area contributed by atoms with E-state index in [9.17, 15) is 4.79 Å². The van der Waals surface area contributed by atoms with Crippen LogP contribution in [0.25, 0.3) is 0 Å². The average molecular weight is 317 g/mol. The molecular weight excluding hydrogens is 290 g/mol. The van der Waals surface area contributed by atoms with Crippen LogP contribution in [0.4, 0.5) is 0 Å². The van der Waals surface area contributed by atoms with Gasteiger partial charge in [0.15, 0.2) is 0 Å². The Labute approximate surface area is 138 Å². The van der Waals surface area contributed by atoms with Crippen molar-refractivity contribution < 1.29 is 9.53 Å². The molecule has 0 aromatic carbocycles. The number of aromatic nitrogens is 1. The number of carbonyl (C=O) groups is 1. The summed E-state index contributed by atoms with van der Waals surface area (Å²) in [6.07, 6.45) is 8.62. The van der Waals surface area contributed by atoms with Gasteiger partial charge in [0.05, 0.1) is 19.6 Å². The van der Waals surface area contributed by atoms with E-state index in [2.05, 4.69) is 14.8 Å². The van der Waals surface area contributed by atoms with Crippen molar-refractivity contribution in [1.29, 1.82) is 0 Å². The minimum absolute atomic E-state index is 0.267. The second-order valence-electron chi connectivity index (χ2n) is 6.51. The van der Waals surface area contributed by atoms with Crippen molar-refractivity contribution in [3.63, 3.8) is 0 Å². The first-order chi connectivity index (χ1) is 11.3. The predicted molar refractivity (Wildman–Crippen MR) is 89.2 cm³/mol. The van der Waals surface area contributed by atoms with Gasteiger partial charge in [0.25, 0.3) is 0 Å². The standard InChI is InChI=1S/C18H27N3O2/c22-18(15-16-4-7-19-8-5-16)21-9-2-1-3-17(21)6-10-20-11-13-23-14-12-20/h4-5,7-8,17H,1-3,6,9-15H2. The van der Waals surface area contributed by atoms with Crippen LogP contribution in [0.15, 0.2) is 24.5 Å². The summed E-state index contributed by atoms with van der Waals surface area (Å²) in [6, 6.07) is 4.27. The zero-order valence-electron chi connectivity index (χ0n) is 13.8. The number of carbonyl (C=O) groups excluding carboxylic acids is 1. The molecular formula is C18H27N3O2. The molecule has 0 N–H and O–H groups in total. The molecule has 3 rings (SSSR count). The highest BCUT2D eigenvalue weighted by atomic mass is 16.5. The van der Waals surface area contributed by atoms with E-state index < -0.39 is 0 Å². The quantitative estimate of drug-likeness (QED) is 0.830. The van der Waals surface area contributed by atoms with Gasteiger partial charge in [-0.2, -0.15) is 0 Å². The van der Waals surface area contributed by atoms with Gasteiger partial charge in [0, 0.05) is 44.6 Å². The van der Waals surface area contributed by atoms with Crippen LogP contribution in [-0.4, -0.2) is 66.1 Å². The van der Waals surface area contributed by atoms with Crippen molar-refractivity contribution >= 4 is 5.91 Å². The van der Waals surface area contributed by atoms with Gasteiger partial charge < -0.3 is 9.64 Å². The Kier molecular flexibility index (Phi) is 6.00. The highest BCUT2D eigenvalue weighted by Gasteiger charge is 2.27. The Balaban J connectivity index is 1.53. The minimum Gasteiger partial charge on any atom is -0.379 e. The normalized spacial score (nSPS) is 23.0. The highest BCUT2D eigenvalue weighted by Crippen LogP contribution is 2.21. The highest BCUT2D eigenvalue weighted by molar-refractivity contribution is 5.79. The molecule has 23 heavy (non-hydrogen) atoms. The molecule has 2 fully saturated rings. The smallest absolute Gasteiger partial charge is 0.227 e. The molecule has 1 atom stereocenters. The van der Waals surface area contributed by atoms with Crippen LogP contribution in [0, 0.1) is 0 Å². The summed E-state index contributed by atoms with van der Waals surface area (Å²) in [5.74, 6) is 0.267. The van der Waals surface area contributed by atoms with Crippen LogP contribution < -0.4 is 0 Å². The van der Waals surface area contributed by atoms with Gasteiger partial charge in [-0.15, -0.1) is 0 Å². The van der Waals surface area contributed by atoms with E-state index in [4.69, 9.17) is 4.74 Å². The Morgan fingerprint density at radius 2 is 1.96 bits per heavy atom. The van der Waals surface area contributed by atoms with Crippen molar-refractivity contribution in [3.8, 4) is 0 Å². The first kappa shape index (κ1) is 16.4. The number of pyridine rings is 1. The van der Waals surface area contributed by atoms with Gasteiger partial charge in [0.1, 0.15) is 0 Å². The number of hydrogen-bond acceptors (Lipinski definition) is 4. The van der Waals surface area contributed by atoms with Crippen LogP contribution in [0.5, 0.6) is 0 Å². The van der Waals surface area contributed by atoms with Crippen molar-refractivity contribution in [2.24, 2.45) is 0 Å². The van der Waals surface area contributed by atoms with E-state index in [1.807, 2.05) is 12.1 Å². The molecule has 1 aromatic rings. The van der Waals surface area contributed by atoms with Gasteiger partial charge in [-0.25, -0.2) is 0 Å². The summed E-state index contributed by atoms with van der Waals surface area (Å²) in [5, 5.41) is 0. The van der Waals surface area contributed by atoms with Crippen molar-refractivity contribution in [1.82, 2.24) is 14.8 Å². The van der Waals surface area contributed by atoms with Gasteiger partial charge in [0.2, 0.25) is 5.91 Å². The summed E-state index contributed by atoms with van der Waals surface area (Å²) in [6.45, 7) is 5.73. The number of ether oxygens (including phenoxy) is 1. The number of morpholine rings is 1. The van der Waals surface area contributed by atoms with E-state index in [0.29, 0.717) is 12.5 Å². The average Bonchev–Trinajstić information content (AvgIpc) is 2.62. The molecule has 0 spiro atoms. The molecule has 2 aliphatic heterocycles. The number of rotatable bonds is 5.